The Morgan fingerprint density at radius 1 is 1.03 bits per heavy atom. The summed E-state index contributed by atoms with van der Waals surface area (Å²) in [5.41, 5.74) is 1.40. The van der Waals surface area contributed by atoms with E-state index in [2.05, 4.69) is 26.1 Å². The molecule has 3 rings (SSSR count). The standard InChI is InChI=1S/C23H26N2O4/c1-22(2,3)17-10-12-18(13-11-17)23(4)20(27)25(21(28)24-23)14-19(26)29-15-16-8-6-5-7-9-16/h5-13H,14-15H2,1-4H3,(H,24,28). The molecule has 1 heterocycles. The highest BCUT2D eigenvalue weighted by Gasteiger charge is 2.49. The minimum atomic E-state index is -1.22. The summed E-state index contributed by atoms with van der Waals surface area (Å²) < 4.78 is 5.20. The van der Waals surface area contributed by atoms with E-state index in [-0.39, 0.29) is 12.0 Å². The zero-order chi connectivity index (χ0) is 21.2. The molecule has 0 saturated carbocycles. The van der Waals surface area contributed by atoms with Crippen molar-refractivity contribution in [3.05, 3.63) is 71.3 Å². The number of imide groups is 1. The molecule has 0 spiro atoms. The van der Waals surface area contributed by atoms with Gasteiger partial charge in [-0.3, -0.25) is 14.5 Å². The Bertz CT molecular complexity index is 916. The molecule has 0 aromatic heterocycles. The summed E-state index contributed by atoms with van der Waals surface area (Å²) >= 11 is 0. The van der Waals surface area contributed by atoms with Crippen LogP contribution in [0, 0.1) is 0 Å². The normalized spacial score (nSPS) is 19.2. The molecule has 152 valence electrons. The maximum absolute atomic E-state index is 13.0. The van der Waals surface area contributed by atoms with Crippen molar-refractivity contribution in [3.63, 3.8) is 0 Å². The maximum Gasteiger partial charge on any atom is 0.326 e. The lowest BCUT2D eigenvalue weighted by atomic mass is 9.84. The van der Waals surface area contributed by atoms with Gasteiger partial charge in [-0.05, 0) is 29.0 Å². The number of amides is 3. The summed E-state index contributed by atoms with van der Waals surface area (Å²) in [6.45, 7) is 7.63. The van der Waals surface area contributed by atoms with Crippen molar-refractivity contribution < 1.29 is 19.1 Å². The fourth-order valence-corrected chi connectivity index (χ4v) is 3.25. The number of carbonyl (C=O) groups excluding carboxylic acids is 3. The summed E-state index contributed by atoms with van der Waals surface area (Å²) in [5, 5.41) is 2.71. The molecule has 0 bridgehead atoms. The number of nitrogens with zero attached hydrogens (tertiary/aromatic N) is 1. The molecular weight excluding hydrogens is 368 g/mol. The quantitative estimate of drug-likeness (QED) is 0.622. The van der Waals surface area contributed by atoms with Crippen LogP contribution in [0.2, 0.25) is 0 Å². The van der Waals surface area contributed by atoms with Gasteiger partial charge in [0.1, 0.15) is 18.7 Å². The minimum absolute atomic E-state index is 0.0170. The third-order valence-electron chi connectivity index (χ3n) is 5.13. The second kappa shape index (κ2) is 7.70. The van der Waals surface area contributed by atoms with Crippen molar-refractivity contribution in [2.45, 2.75) is 45.3 Å². The zero-order valence-corrected chi connectivity index (χ0v) is 17.2. The van der Waals surface area contributed by atoms with E-state index in [9.17, 15) is 14.4 Å². The molecule has 2 aromatic carbocycles. The highest BCUT2D eigenvalue weighted by Crippen LogP contribution is 2.31. The molecule has 6 heteroatoms. The van der Waals surface area contributed by atoms with Crippen LogP contribution in [0.15, 0.2) is 54.6 Å². The van der Waals surface area contributed by atoms with Crippen molar-refractivity contribution in [1.82, 2.24) is 10.2 Å². The van der Waals surface area contributed by atoms with E-state index in [1.54, 1.807) is 6.92 Å². The summed E-state index contributed by atoms with van der Waals surface area (Å²) in [6.07, 6.45) is 0. The molecule has 1 saturated heterocycles. The Kier molecular flexibility index (Phi) is 5.46. The number of esters is 1. The molecule has 0 aliphatic carbocycles. The number of nitrogens with one attached hydrogen (secondary N) is 1. The van der Waals surface area contributed by atoms with Gasteiger partial charge in [0.15, 0.2) is 0 Å². The fourth-order valence-electron chi connectivity index (χ4n) is 3.25. The van der Waals surface area contributed by atoms with Crippen LogP contribution in [0.1, 0.15) is 44.4 Å². The van der Waals surface area contributed by atoms with Crippen LogP contribution in [0.3, 0.4) is 0 Å². The lowest BCUT2D eigenvalue weighted by Crippen LogP contribution is -2.41. The smallest absolute Gasteiger partial charge is 0.326 e. The van der Waals surface area contributed by atoms with E-state index in [4.69, 9.17) is 4.74 Å². The first-order valence-electron chi connectivity index (χ1n) is 9.56. The second-order valence-electron chi connectivity index (χ2n) is 8.42. The van der Waals surface area contributed by atoms with Crippen molar-refractivity contribution >= 4 is 17.9 Å². The predicted molar refractivity (Wildman–Crippen MR) is 109 cm³/mol. The van der Waals surface area contributed by atoms with Gasteiger partial charge in [-0.1, -0.05) is 75.4 Å². The molecular formula is C23H26N2O4. The molecule has 29 heavy (non-hydrogen) atoms. The summed E-state index contributed by atoms with van der Waals surface area (Å²) in [5.74, 6) is -1.10. The first-order valence-corrected chi connectivity index (χ1v) is 9.56. The molecule has 3 amide bonds. The van der Waals surface area contributed by atoms with Crippen LogP contribution in [0.4, 0.5) is 4.79 Å². The van der Waals surface area contributed by atoms with Gasteiger partial charge in [0, 0.05) is 0 Å². The van der Waals surface area contributed by atoms with Crippen LogP contribution >= 0.6 is 0 Å². The van der Waals surface area contributed by atoms with Crippen LogP contribution < -0.4 is 5.32 Å². The van der Waals surface area contributed by atoms with Gasteiger partial charge in [0.05, 0.1) is 0 Å². The van der Waals surface area contributed by atoms with Crippen LogP contribution in [-0.4, -0.2) is 29.4 Å². The van der Waals surface area contributed by atoms with Crippen molar-refractivity contribution in [2.75, 3.05) is 6.54 Å². The Hall–Kier alpha value is -3.15. The Labute approximate surface area is 170 Å². The number of carbonyl (C=O) groups is 3. The molecule has 1 aliphatic heterocycles. The largest absolute Gasteiger partial charge is 0.459 e. The third kappa shape index (κ3) is 4.31. The van der Waals surface area contributed by atoms with Crippen molar-refractivity contribution in [2.24, 2.45) is 0 Å². The van der Waals surface area contributed by atoms with E-state index < -0.39 is 30.0 Å². The topological polar surface area (TPSA) is 75.7 Å². The molecule has 1 atom stereocenters. The lowest BCUT2D eigenvalue weighted by molar-refractivity contribution is -0.148. The Morgan fingerprint density at radius 3 is 2.24 bits per heavy atom. The third-order valence-corrected chi connectivity index (χ3v) is 5.13. The number of urea groups is 1. The van der Waals surface area contributed by atoms with Gasteiger partial charge >= 0.3 is 12.0 Å². The summed E-state index contributed by atoms with van der Waals surface area (Å²) in [4.78, 5) is 38.4. The fraction of sp³-hybridized carbons (Fsp3) is 0.348. The number of ether oxygens (including phenoxy) is 1. The van der Waals surface area contributed by atoms with E-state index in [0.29, 0.717) is 5.56 Å². The van der Waals surface area contributed by atoms with E-state index in [1.165, 1.54) is 0 Å². The van der Waals surface area contributed by atoms with Crippen LogP contribution in [-0.2, 0) is 31.9 Å². The summed E-state index contributed by atoms with van der Waals surface area (Å²) in [7, 11) is 0. The maximum atomic E-state index is 13.0. The molecule has 6 nitrogen and oxygen atoms in total. The molecule has 2 aromatic rings. The van der Waals surface area contributed by atoms with Gasteiger partial charge in [0.25, 0.3) is 5.91 Å². The molecule has 1 unspecified atom stereocenters. The van der Waals surface area contributed by atoms with Crippen molar-refractivity contribution in [3.8, 4) is 0 Å². The monoisotopic (exact) mass is 394 g/mol. The lowest BCUT2D eigenvalue weighted by Gasteiger charge is -2.24. The first kappa shape index (κ1) is 20.6. The number of rotatable bonds is 5. The van der Waals surface area contributed by atoms with Gasteiger partial charge < -0.3 is 10.1 Å². The van der Waals surface area contributed by atoms with E-state index in [0.717, 1.165) is 16.0 Å². The minimum Gasteiger partial charge on any atom is -0.459 e. The molecule has 0 radical (unpaired) electrons. The van der Waals surface area contributed by atoms with Crippen LogP contribution in [0.25, 0.3) is 0 Å². The van der Waals surface area contributed by atoms with E-state index in [1.807, 2.05) is 54.6 Å². The zero-order valence-electron chi connectivity index (χ0n) is 17.2. The average molecular weight is 394 g/mol. The predicted octanol–water partition coefficient (Wildman–Crippen LogP) is 3.49. The molecule has 1 fully saturated rings. The first-order chi connectivity index (χ1) is 13.6. The van der Waals surface area contributed by atoms with Gasteiger partial charge in [0.2, 0.25) is 0 Å². The van der Waals surface area contributed by atoms with Gasteiger partial charge in [-0.15, -0.1) is 0 Å². The SMILES string of the molecule is CC(C)(C)c1ccc(C2(C)NC(=O)N(CC(=O)OCc3ccccc3)C2=O)cc1. The molecule has 1 N–H and O–H groups in total. The Morgan fingerprint density at radius 2 is 1.66 bits per heavy atom. The van der Waals surface area contributed by atoms with Gasteiger partial charge in [-0.2, -0.15) is 0 Å². The number of hydrogen-bond donors (Lipinski definition) is 1. The van der Waals surface area contributed by atoms with Crippen LogP contribution in [0.5, 0.6) is 0 Å². The van der Waals surface area contributed by atoms with Gasteiger partial charge in [-0.25, -0.2) is 4.79 Å². The Balaban J connectivity index is 1.69. The highest BCUT2D eigenvalue weighted by molar-refractivity contribution is 6.08. The number of hydrogen-bond acceptors (Lipinski definition) is 4. The average Bonchev–Trinajstić information content (AvgIpc) is 2.91. The molecule has 1 aliphatic rings. The highest BCUT2D eigenvalue weighted by atomic mass is 16.5. The van der Waals surface area contributed by atoms with Crippen molar-refractivity contribution in [1.29, 1.82) is 0 Å². The van der Waals surface area contributed by atoms with E-state index >= 15 is 0 Å². The number of benzene rings is 2. The summed E-state index contributed by atoms with van der Waals surface area (Å²) in [6, 6.07) is 16.2. The second-order valence-corrected chi connectivity index (χ2v) is 8.42.